The summed E-state index contributed by atoms with van der Waals surface area (Å²) >= 11 is 0. The van der Waals surface area contributed by atoms with Gasteiger partial charge in [-0.2, -0.15) is 5.26 Å². The summed E-state index contributed by atoms with van der Waals surface area (Å²) in [5.41, 5.74) is 1.37. The third-order valence-electron chi connectivity index (χ3n) is 3.54. The molecule has 124 valence electrons. The highest BCUT2D eigenvalue weighted by atomic mass is 16.1. The van der Waals surface area contributed by atoms with Gasteiger partial charge in [-0.15, -0.1) is 0 Å². The number of carbonyl (C=O) groups is 1. The first-order chi connectivity index (χ1) is 11.5. The van der Waals surface area contributed by atoms with Crippen molar-refractivity contribution in [2.24, 2.45) is 0 Å². The maximum atomic E-state index is 12.5. The molecule has 1 N–H and O–H groups in total. The monoisotopic (exact) mass is 323 g/mol. The van der Waals surface area contributed by atoms with Crippen LogP contribution < -0.4 is 10.2 Å². The number of hydrogen-bond acceptors (Lipinski definition) is 5. The van der Waals surface area contributed by atoms with Crippen LogP contribution >= 0.6 is 0 Å². The molecule has 24 heavy (non-hydrogen) atoms. The summed E-state index contributed by atoms with van der Waals surface area (Å²) in [4.78, 5) is 23.1. The van der Waals surface area contributed by atoms with E-state index in [-0.39, 0.29) is 5.91 Å². The first-order valence-electron chi connectivity index (χ1n) is 7.92. The Kier molecular flexibility index (Phi) is 5.85. The zero-order valence-electron chi connectivity index (χ0n) is 14.2. The van der Waals surface area contributed by atoms with E-state index in [1.165, 1.54) is 0 Å². The van der Waals surface area contributed by atoms with E-state index in [1.54, 1.807) is 37.3 Å². The minimum atomic E-state index is -0.319. The third-order valence-corrected chi connectivity index (χ3v) is 3.54. The van der Waals surface area contributed by atoms with E-state index in [1.807, 2.05) is 18.0 Å². The number of nitrogens with one attached hydrogen (secondary N) is 1. The number of aromatic nitrogens is 2. The average molecular weight is 323 g/mol. The van der Waals surface area contributed by atoms with Gasteiger partial charge in [0.05, 0.1) is 11.6 Å². The summed E-state index contributed by atoms with van der Waals surface area (Å²) < 4.78 is 0. The number of rotatable bonds is 6. The van der Waals surface area contributed by atoms with E-state index in [0.29, 0.717) is 22.8 Å². The second-order valence-corrected chi connectivity index (χ2v) is 5.58. The predicted octanol–water partition coefficient (Wildman–Crippen LogP) is 3.15. The molecular formula is C18H21N5O. The first kappa shape index (κ1) is 17.4. The number of nitriles is 1. The number of aryl methyl sites for hydroxylation is 1. The Bertz CT molecular complexity index is 766. The molecule has 2 rings (SSSR count). The van der Waals surface area contributed by atoms with Gasteiger partial charge in [-0.1, -0.05) is 19.4 Å². The van der Waals surface area contributed by atoms with E-state index in [2.05, 4.69) is 22.2 Å². The highest BCUT2D eigenvalue weighted by Crippen LogP contribution is 2.15. The lowest BCUT2D eigenvalue weighted by Gasteiger charge is -2.18. The van der Waals surface area contributed by atoms with Crippen molar-refractivity contribution in [3.05, 3.63) is 47.4 Å². The molecule has 0 radical (unpaired) electrons. The Labute approximate surface area is 142 Å². The lowest BCUT2D eigenvalue weighted by atomic mass is 10.2. The lowest BCUT2D eigenvalue weighted by Crippen LogP contribution is -2.22. The molecule has 6 heteroatoms. The van der Waals surface area contributed by atoms with Crippen LogP contribution in [0.4, 0.5) is 11.5 Å². The van der Waals surface area contributed by atoms with Gasteiger partial charge >= 0.3 is 0 Å². The fourth-order valence-corrected chi connectivity index (χ4v) is 2.24. The zero-order valence-corrected chi connectivity index (χ0v) is 14.2. The van der Waals surface area contributed by atoms with Crippen LogP contribution in [0.3, 0.4) is 0 Å². The molecular weight excluding hydrogens is 302 g/mol. The molecule has 1 aromatic carbocycles. The van der Waals surface area contributed by atoms with Gasteiger partial charge < -0.3 is 10.2 Å². The molecule has 1 heterocycles. The smallest absolute Gasteiger partial charge is 0.274 e. The molecule has 0 aliphatic carbocycles. The molecule has 0 saturated carbocycles. The topological polar surface area (TPSA) is 81.9 Å². The van der Waals surface area contributed by atoms with Crippen molar-refractivity contribution in [1.82, 2.24) is 9.97 Å². The minimum Gasteiger partial charge on any atom is -0.360 e. The van der Waals surface area contributed by atoms with Gasteiger partial charge in [0.25, 0.3) is 5.91 Å². The Balaban J connectivity index is 2.19. The third kappa shape index (κ3) is 4.53. The molecule has 0 saturated heterocycles. The summed E-state index contributed by atoms with van der Waals surface area (Å²) in [5, 5.41) is 11.7. The quantitative estimate of drug-likeness (QED) is 0.883. The second-order valence-electron chi connectivity index (χ2n) is 5.58. The zero-order chi connectivity index (χ0) is 17.5. The summed E-state index contributed by atoms with van der Waals surface area (Å²) in [6, 6.07) is 10.5. The average Bonchev–Trinajstić information content (AvgIpc) is 2.59. The van der Waals surface area contributed by atoms with Gasteiger partial charge in [0.2, 0.25) is 0 Å². The predicted molar refractivity (Wildman–Crippen MR) is 94.1 cm³/mol. The maximum absolute atomic E-state index is 12.5. The van der Waals surface area contributed by atoms with Gasteiger partial charge in [0.1, 0.15) is 17.3 Å². The number of anilines is 2. The van der Waals surface area contributed by atoms with E-state index in [4.69, 9.17) is 5.26 Å². The van der Waals surface area contributed by atoms with E-state index in [9.17, 15) is 4.79 Å². The first-order valence-corrected chi connectivity index (χ1v) is 7.92. The molecule has 0 fully saturated rings. The molecule has 1 amide bonds. The summed E-state index contributed by atoms with van der Waals surface area (Å²) in [5.74, 6) is 0.958. The van der Waals surface area contributed by atoms with Crippen LogP contribution in [0.1, 0.15) is 41.6 Å². The van der Waals surface area contributed by atoms with Crippen molar-refractivity contribution in [3.63, 3.8) is 0 Å². The van der Waals surface area contributed by atoms with Crippen LogP contribution in [0, 0.1) is 18.3 Å². The van der Waals surface area contributed by atoms with Crippen molar-refractivity contribution in [1.29, 1.82) is 5.26 Å². The van der Waals surface area contributed by atoms with E-state index < -0.39 is 0 Å². The Morgan fingerprint density at radius 2 is 2.12 bits per heavy atom. The van der Waals surface area contributed by atoms with Crippen LogP contribution in [0.2, 0.25) is 0 Å². The van der Waals surface area contributed by atoms with Crippen molar-refractivity contribution in [2.45, 2.75) is 26.7 Å². The second kappa shape index (κ2) is 8.06. The standard InChI is InChI=1S/C18H21N5O/c1-4-5-9-23(3)17-11-16(20-13(2)21-17)18(24)22-15-8-6-7-14(10-15)12-19/h6-8,10-11H,4-5,9H2,1-3H3,(H,22,24). The Morgan fingerprint density at radius 1 is 1.33 bits per heavy atom. The number of hydrogen-bond donors (Lipinski definition) is 1. The van der Waals surface area contributed by atoms with Crippen molar-refractivity contribution in [2.75, 3.05) is 23.8 Å². The molecule has 0 atom stereocenters. The molecule has 0 aliphatic rings. The van der Waals surface area contributed by atoms with Crippen LogP contribution in [-0.4, -0.2) is 29.5 Å². The van der Waals surface area contributed by atoms with Crippen molar-refractivity contribution < 1.29 is 4.79 Å². The van der Waals surface area contributed by atoms with Gasteiger partial charge in [-0.05, 0) is 31.5 Å². The van der Waals surface area contributed by atoms with Crippen molar-refractivity contribution >= 4 is 17.4 Å². The van der Waals surface area contributed by atoms with Crippen LogP contribution in [0.5, 0.6) is 0 Å². The minimum absolute atomic E-state index is 0.309. The molecule has 0 unspecified atom stereocenters. The fourth-order valence-electron chi connectivity index (χ4n) is 2.24. The van der Waals surface area contributed by atoms with Crippen LogP contribution in [0.15, 0.2) is 30.3 Å². The fraction of sp³-hybridized carbons (Fsp3) is 0.333. The molecule has 0 spiro atoms. The molecule has 0 bridgehead atoms. The van der Waals surface area contributed by atoms with Gasteiger partial charge in [-0.3, -0.25) is 4.79 Å². The van der Waals surface area contributed by atoms with E-state index >= 15 is 0 Å². The van der Waals surface area contributed by atoms with Gasteiger partial charge in [0.15, 0.2) is 0 Å². The largest absolute Gasteiger partial charge is 0.360 e. The summed E-state index contributed by atoms with van der Waals surface area (Å²) in [6.45, 7) is 4.77. The highest BCUT2D eigenvalue weighted by molar-refractivity contribution is 6.03. The Hall–Kier alpha value is -2.94. The number of benzene rings is 1. The lowest BCUT2D eigenvalue weighted by molar-refractivity contribution is 0.102. The van der Waals surface area contributed by atoms with Crippen LogP contribution in [-0.2, 0) is 0 Å². The number of unbranched alkanes of at least 4 members (excludes halogenated alkanes) is 1. The summed E-state index contributed by atoms with van der Waals surface area (Å²) in [6.07, 6.45) is 2.15. The number of amides is 1. The molecule has 6 nitrogen and oxygen atoms in total. The maximum Gasteiger partial charge on any atom is 0.274 e. The normalized spacial score (nSPS) is 10.1. The van der Waals surface area contributed by atoms with E-state index in [0.717, 1.165) is 25.2 Å². The molecule has 1 aromatic heterocycles. The van der Waals surface area contributed by atoms with Gasteiger partial charge in [-0.25, -0.2) is 9.97 Å². The number of carbonyl (C=O) groups excluding carboxylic acids is 1. The Morgan fingerprint density at radius 3 is 2.83 bits per heavy atom. The van der Waals surface area contributed by atoms with Gasteiger partial charge in [0, 0.05) is 25.3 Å². The van der Waals surface area contributed by atoms with Crippen LogP contribution in [0.25, 0.3) is 0 Å². The van der Waals surface area contributed by atoms with Crippen molar-refractivity contribution in [3.8, 4) is 6.07 Å². The molecule has 2 aromatic rings. The highest BCUT2D eigenvalue weighted by Gasteiger charge is 2.13. The number of nitrogens with zero attached hydrogens (tertiary/aromatic N) is 4. The summed E-state index contributed by atoms with van der Waals surface area (Å²) in [7, 11) is 1.95. The SMILES string of the molecule is CCCCN(C)c1cc(C(=O)Nc2cccc(C#N)c2)nc(C)n1. The molecule has 0 aliphatic heterocycles.